The maximum atomic E-state index is 12.8. The normalized spacial score (nSPS) is 12.6. The highest BCUT2D eigenvalue weighted by Gasteiger charge is 2.14. The fraction of sp³-hybridized carbons (Fsp3) is 0.417. The number of hydrogen-bond donors (Lipinski definition) is 2. The summed E-state index contributed by atoms with van der Waals surface area (Å²) in [7, 11) is 0. The first-order chi connectivity index (χ1) is 7.49. The molecule has 4 heteroatoms. The number of aliphatic hydroxyl groups excluding tert-OH is 1. The summed E-state index contributed by atoms with van der Waals surface area (Å²) in [6.45, 7) is 3.67. The van der Waals surface area contributed by atoms with Crippen LogP contribution >= 0.6 is 0 Å². The number of hydrogen-bond acceptors (Lipinski definition) is 2. The maximum Gasteiger partial charge on any atom is 0.226 e. The fourth-order valence-corrected chi connectivity index (χ4v) is 1.20. The largest absolute Gasteiger partial charge is 0.392 e. The van der Waals surface area contributed by atoms with Gasteiger partial charge in [-0.15, -0.1) is 0 Å². The van der Waals surface area contributed by atoms with Gasteiger partial charge < -0.3 is 10.4 Å². The molecule has 1 aromatic carbocycles. The topological polar surface area (TPSA) is 49.3 Å². The number of halogens is 1. The third-order valence-electron chi connectivity index (χ3n) is 2.27. The lowest BCUT2D eigenvalue weighted by atomic mass is 10.0. The molecule has 1 rings (SSSR count). The SMILES string of the molecule is CC(C)C(O)CC(=O)Nc1cccc(F)c1. The highest BCUT2D eigenvalue weighted by atomic mass is 19.1. The van der Waals surface area contributed by atoms with Gasteiger partial charge in [0.25, 0.3) is 0 Å². The van der Waals surface area contributed by atoms with Crippen LogP contribution in [-0.4, -0.2) is 17.1 Å². The number of aliphatic hydroxyl groups is 1. The zero-order chi connectivity index (χ0) is 12.1. The van der Waals surface area contributed by atoms with E-state index in [4.69, 9.17) is 0 Å². The van der Waals surface area contributed by atoms with E-state index < -0.39 is 11.9 Å². The smallest absolute Gasteiger partial charge is 0.226 e. The first-order valence-electron chi connectivity index (χ1n) is 5.22. The van der Waals surface area contributed by atoms with Crippen LogP contribution in [0.25, 0.3) is 0 Å². The Hall–Kier alpha value is -1.42. The molecule has 16 heavy (non-hydrogen) atoms. The van der Waals surface area contributed by atoms with Crippen molar-refractivity contribution in [3.8, 4) is 0 Å². The van der Waals surface area contributed by atoms with Gasteiger partial charge in [-0.1, -0.05) is 19.9 Å². The fourth-order valence-electron chi connectivity index (χ4n) is 1.20. The highest BCUT2D eigenvalue weighted by Crippen LogP contribution is 2.11. The van der Waals surface area contributed by atoms with Crippen molar-refractivity contribution < 1.29 is 14.3 Å². The Kier molecular flexibility index (Phi) is 4.43. The molecule has 88 valence electrons. The lowest BCUT2D eigenvalue weighted by Crippen LogP contribution is -2.23. The number of rotatable bonds is 4. The molecule has 0 aliphatic rings. The number of benzene rings is 1. The van der Waals surface area contributed by atoms with E-state index in [0.717, 1.165) is 0 Å². The highest BCUT2D eigenvalue weighted by molar-refractivity contribution is 5.90. The molecule has 0 bridgehead atoms. The van der Waals surface area contributed by atoms with Gasteiger partial charge in [-0.2, -0.15) is 0 Å². The molecule has 0 spiro atoms. The van der Waals surface area contributed by atoms with Gasteiger partial charge in [0.15, 0.2) is 0 Å². The van der Waals surface area contributed by atoms with Crippen LogP contribution in [0.3, 0.4) is 0 Å². The minimum absolute atomic E-state index is 0.0220. The summed E-state index contributed by atoms with van der Waals surface area (Å²) in [5.41, 5.74) is 0.404. The summed E-state index contributed by atoms with van der Waals surface area (Å²) in [5.74, 6) is -0.688. The second kappa shape index (κ2) is 5.61. The summed E-state index contributed by atoms with van der Waals surface area (Å²) in [4.78, 5) is 11.4. The minimum atomic E-state index is -0.673. The minimum Gasteiger partial charge on any atom is -0.392 e. The van der Waals surface area contributed by atoms with Gasteiger partial charge in [-0.25, -0.2) is 4.39 Å². The van der Waals surface area contributed by atoms with E-state index in [-0.39, 0.29) is 18.2 Å². The molecule has 3 nitrogen and oxygen atoms in total. The summed E-state index contributed by atoms with van der Waals surface area (Å²) in [6.07, 6.45) is -0.651. The molecule has 1 aromatic rings. The van der Waals surface area contributed by atoms with Gasteiger partial charge in [0.05, 0.1) is 12.5 Å². The Bertz CT molecular complexity index is 366. The molecule has 2 N–H and O–H groups in total. The number of anilines is 1. The van der Waals surface area contributed by atoms with Crippen LogP contribution in [0.4, 0.5) is 10.1 Å². The molecule has 1 amide bonds. The van der Waals surface area contributed by atoms with Gasteiger partial charge in [0.1, 0.15) is 5.82 Å². The molecule has 1 atom stereocenters. The van der Waals surface area contributed by atoms with Crippen molar-refractivity contribution in [1.82, 2.24) is 0 Å². The van der Waals surface area contributed by atoms with Crippen molar-refractivity contribution in [2.75, 3.05) is 5.32 Å². The first-order valence-corrected chi connectivity index (χ1v) is 5.22. The van der Waals surface area contributed by atoms with Crippen LogP contribution in [0, 0.1) is 11.7 Å². The molecule has 1 unspecified atom stereocenters. The molecule has 0 saturated heterocycles. The van der Waals surface area contributed by atoms with E-state index in [9.17, 15) is 14.3 Å². The van der Waals surface area contributed by atoms with Crippen LogP contribution in [0.2, 0.25) is 0 Å². The van der Waals surface area contributed by atoms with Gasteiger partial charge in [0.2, 0.25) is 5.91 Å². The standard InChI is InChI=1S/C12H16FNO2/c1-8(2)11(15)7-12(16)14-10-5-3-4-9(13)6-10/h3-6,8,11,15H,7H2,1-2H3,(H,14,16). The summed E-state index contributed by atoms with van der Waals surface area (Å²) >= 11 is 0. The summed E-state index contributed by atoms with van der Waals surface area (Å²) < 4.78 is 12.8. The van der Waals surface area contributed by atoms with Crippen LogP contribution in [0.1, 0.15) is 20.3 Å². The molecule has 0 saturated carbocycles. The Morgan fingerprint density at radius 2 is 2.19 bits per heavy atom. The van der Waals surface area contributed by atoms with Crippen LogP contribution < -0.4 is 5.32 Å². The van der Waals surface area contributed by atoms with Crippen molar-refractivity contribution in [1.29, 1.82) is 0 Å². The number of carbonyl (C=O) groups is 1. The van der Waals surface area contributed by atoms with E-state index in [1.54, 1.807) is 6.07 Å². The van der Waals surface area contributed by atoms with Gasteiger partial charge in [-0.05, 0) is 24.1 Å². The van der Waals surface area contributed by atoms with E-state index >= 15 is 0 Å². The Labute approximate surface area is 94.3 Å². The Morgan fingerprint density at radius 3 is 2.75 bits per heavy atom. The summed E-state index contributed by atoms with van der Waals surface area (Å²) in [6, 6.07) is 5.66. The Morgan fingerprint density at radius 1 is 1.50 bits per heavy atom. The third-order valence-corrected chi connectivity index (χ3v) is 2.27. The second-order valence-corrected chi connectivity index (χ2v) is 4.07. The molecular weight excluding hydrogens is 209 g/mol. The molecular formula is C12H16FNO2. The molecule has 0 aliphatic carbocycles. The zero-order valence-electron chi connectivity index (χ0n) is 9.40. The van der Waals surface area contributed by atoms with Crippen molar-refractivity contribution >= 4 is 11.6 Å². The van der Waals surface area contributed by atoms with Crippen molar-refractivity contribution in [2.24, 2.45) is 5.92 Å². The number of amides is 1. The molecule has 0 radical (unpaired) electrons. The van der Waals surface area contributed by atoms with E-state index in [1.165, 1.54) is 18.2 Å². The monoisotopic (exact) mass is 225 g/mol. The molecule has 0 heterocycles. The second-order valence-electron chi connectivity index (χ2n) is 4.07. The average Bonchev–Trinajstić information content (AvgIpc) is 2.16. The molecule has 0 fully saturated rings. The van der Waals surface area contributed by atoms with Crippen LogP contribution in [-0.2, 0) is 4.79 Å². The first kappa shape index (κ1) is 12.6. The van der Waals surface area contributed by atoms with Gasteiger partial charge in [0, 0.05) is 5.69 Å². The zero-order valence-corrected chi connectivity index (χ0v) is 9.40. The van der Waals surface area contributed by atoms with Crippen LogP contribution in [0.5, 0.6) is 0 Å². The maximum absolute atomic E-state index is 12.8. The molecule has 0 aromatic heterocycles. The molecule has 0 aliphatic heterocycles. The van der Waals surface area contributed by atoms with Crippen molar-refractivity contribution in [3.05, 3.63) is 30.1 Å². The predicted octanol–water partition coefficient (Wildman–Crippen LogP) is 2.17. The van der Waals surface area contributed by atoms with E-state index in [0.29, 0.717) is 5.69 Å². The predicted molar refractivity (Wildman–Crippen MR) is 60.5 cm³/mol. The van der Waals surface area contributed by atoms with Gasteiger partial charge >= 0.3 is 0 Å². The summed E-state index contributed by atoms with van der Waals surface area (Å²) in [5, 5.41) is 12.0. The average molecular weight is 225 g/mol. The van der Waals surface area contributed by atoms with Crippen molar-refractivity contribution in [2.45, 2.75) is 26.4 Å². The van der Waals surface area contributed by atoms with E-state index in [2.05, 4.69) is 5.32 Å². The quantitative estimate of drug-likeness (QED) is 0.825. The Balaban J connectivity index is 2.52. The number of carbonyl (C=O) groups excluding carboxylic acids is 1. The lowest BCUT2D eigenvalue weighted by molar-refractivity contribution is -0.118. The van der Waals surface area contributed by atoms with Gasteiger partial charge in [-0.3, -0.25) is 4.79 Å². The van der Waals surface area contributed by atoms with Crippen molar-refractivity contribution in [3.63, 3.8) is 0 Å². The van der Waals surface area contributed by atoms with Crippen LogP contribution in [0.15, 0.2) is 24.3 Å². The van der Waals surface area contributed by atoms with E-state index in [1.807, 2.05) is 13.8 Å². The number of nitrogens with one attached hydrogen (secondary N) is 1. The third kappa shape index (κ3) is 3.98. The lowest BCUT2D eigenvalue weighted by Gasteiger charge is -2.13.